The van der Waals surface area contributed by atoms with E-state index in [0.29, 0.717) is 41.9 Å². The standard InChI is InChI=1S/C17H23Cl2N3O2/c1-11(2)17(24)22-8-6-21(7-9-22)12(3)16(23)20-15-10-13(18)4-5-14(15)19/h4-5,10-12H,6-9H2,1-3H3,(H,20,23)/t12-/m1/s1. The van der Waals surface area contributed by atoms with E-state index < -0.39 is 0 Å². The van der Waals surface area contributed by atoms with Crippen LogP contribution in [0.2, 0.25) is 10.0 Å². The molecule has 1 aromatic carbocycles. The third-order valence-electron chi connectivity index (χ3n) is 4.23. The van der Waals surface area contributed by atoms with Crippen molar-refractivity contribution < 1.29 is 9.59 Å². The first-order valence-electron chi connectivity index (χ1n) is 8.08. The van der Waals surface area contributed by atoms with Crippen LogP contribution < -0.4 is 5.32 Å². The van der Waals surface area contributed by atoms with E-state index in [-0.39, 0.29) is 23.8 Å². The van der Waals surface area contributed by atoms with Crippen LogP contribution >= 0.6 is 23.2 Å². The normalized spacial score (nSPS) is 17.0. The maximum atomic E-state index is 12.5. The second-order valence-electron chi connectivity index (χ2n) is 6.31. The van der Waals surface area contributed by atoms with Gasteiger partial charge in [-0.25, -0.2) is 0 Å². The smallest absolute Gasteiger partial charge is 0.241 e. The summed E-state index contributed by atoms with van der Waals surface area (Å²) < 4.78 is 0. The molecule has 1 heterocycles. The lowest BCUT2D eigenvalue weighted by molar-refractivity contribution is -0.136. The zero-order valence-corrected chi connectivity index (χ0v) is 15.7. The Morgan fingerprint density at radius 1 is 1.08 bits per heavy atom. The number of hydrogen-bond donors (Lipinski definition) is 1. The van der Waals surface area contributed by atoms with E-state index in [0.717, 1.165) is 0 Å². The SMILES string of the molecule is CC(C)C(=O)N1CCN([C@H](C)C(=O)Nc2cc(Cl)ccc2Cl)CC1. The summed E-state index contributed by atoms with van der Waals surface area (Å²) in [5, 5.41) is 3.79. The van der Waals surface area contributed by atoms with E-state index in [1.807, 2.05) is 25.7 Å². The van der Waals surface area contributed by atoms with Crippen LogP contribution in [0.4, 0.5) is 5.69 Å². The molecule has 0 unspecified atom stereocenters. The van der Waals surface area contributed by atoms with Gasteiger partial charge in [-0.1, -0.05) is 37.0 Å². The minimum absolute atomic E-state index is 0.00208. The summed E-state index contributed by atoms with van der Waals surface area (Å²) in [6.07, 6.45) is 0. The molecule has 24 heavy (non-hydrogen) atoms. The Balaban J connectivity index is 1.92. The summed E-state index contributed by atoms with van der Waals surface area (Å²) in [7, 11) is 0. The number of halogens is 2. The minimum Gasteiger partial charge on any atom is -0.340 e. The van der Waals surface area contributed by atoms with Gasteiger partial charge in [-0.3, -0.25) is 14.5 Å². The van der Waals surface area contributed by atoms with Crippen molar-refractivity contribution in [1.29, 1.82) is 0 Å². The van der Waals surface area contributed by atoms with Gasteiger partial charge in [-0.05, 0) is 25.1 Å². The number of anilines is 1. The summed E-state index contributed by atoms with van der Waals surface area (Å²) in [4.78, 5) is 28.4. The Kier molecular flexibility index (Phi) is 6.49. The highest BCUT2D eigenvalue weighted by atomic mass is 35.5. The van der Waals surface area contributed by atoms with Crippen molar-refractivity contribution in [2.45, 2.75) is 26.8 Å². The first-order chi connectivity index (χ1) is 11.3. The van der Waals surface area contributed by atoms with Crippen molar-refractivity contribution >= 4 is 40.7 Å². The van der Waals surface area contributed by atoms with Gasteiger partial charge in [0.05, 0.1) is 16.8 Å². The Hall–Kier alpha value is -1.30. The first-order valence-corrected chi connectivity index (χ1v) is 8.84. The zero-order valence-electron chi connectivity index (χ0n) is 14.2. The van der Waals surface area contributed by atoms with E-state index in [9.17, 15) is 9.59 Å². The predicted octanol–water partition coefficient (Wildman–Crippen LogP) is 3.12. The number of carbonyl (C=O) groups is 2. The molecular weight excluding hydrogens is 349 g/mol. The van der Waals surface area contributed by atoms with Gasteiger partial charge in [0, 0.05) is 37.1 Å². The molecule has 0 aromatic heterocycles. The summed E-state index contributed by atoms with van der Waals surface area (Å²) in [6, 6.07) is 4.65. The topological polar surface area (TPSA) is 52.7 Å². The fourth-order valence-electron chi connectivity index (χ4n) is 2.69. The van der Waals surface area contributed by atoms with Crippen LogP contribution in [0.15, 0.2) is 18.2 Å². The summed E-state index contributed by atoms with van der Waals surface area (Å²) in [5.74, 6) is 0.0301. The highest BCUT2D eigenvalue weighted by molar-refractivity contribution is 6.35. The fraction of sp³-hybridized carbons (Fsp3) is 0.529. The minimum atomic E-state index is -0.309. The second-order valence-corrected chi connectivity index (χ2v) is 7.15. The number of benzene rings is 1. The van der Waals surface area contributed by atoms with Gasteiger partial charge in [0.2, 0.25) is 11.8 Å². The summed E-state index contributed by atoms with van der Waals surface area (Å²) >= 11 is 12.0. The van der Waals surface area contributed by atoms with Crippen molar-refractivity contribution in [1.82, 2.24) is 9.80 Å². The largest absolute Gasteiger partial charge is 0.340 e. The van der Waals surface area contributed by atoms with Gasteiger partial charge in [0.15, 0.2) is 0 Å². The molecule has 1 aliphatic rings. The van der Waals surface area contributed by atoms with Gasteiger partial charge in [-0.15, -0.1) is 0 Å². The molecule has 132 valence electrons. The summed E-state index contributed by atoms with van der Waals surface area (Å²) in [5.41, 5.74) is 0.509. The highest BCUT2D eigenvalue weighted by Crippen LogP contribution is 2.25. The molecule has 1 saturated heterocycles. The Morgan fingerprint density at radius 2 is 1.71 bits per heavy atom. The molecule has 0 radical (unpaired) electrons. The quantitative estimate of drug-likeness (QED) is 0.884. The second kappa shape index (κ2) is 8.19. The number of nitrogens with one attached hydrogen (secondary N) is 1. The van der Waals surface area contributed by atoms with Crippen LogP contribution in [0.1, 0.15) is 20.8 Å². The third-order valence-corrected chi connectivity index (χ3v) is 4.80. The lowest BCUT2D eigenvalue weighted by Crippen LogP contribution is -2.54. The molecule has 1 atom stereocenters. The lowest BCUT2D eigenvalue weighted by atomic mass is 10.1. The first kappa shape index (κ1) is 19.0. The predicted molar refractivity (Wildman–Crippen MR) is 97.5 cm³/mol. The number of rotatable bonds is 4. The third kappa shape index (κ3) is 4.62. The van der Waals surface area contributed by atoms with Gasteiger partial charge in [-0.2, -0.15) is 0 Å². The van der Waals surface area contributed by atoms with Crippen LogP contribution in [0.5, 0.6) is 0 Å². The Labute approximate surface area is 152 Å². The molecule has 5 nitrogen and oxygen atoms in total. The highest BCUT2D eigenvalue weighted by Gasteiger charge is 2.28. The van der Waals surface area contributed by atoms with E-state index in [1.165, 1.54) is 0 Å². The van der Waals surface area contributed by atoms with Gasteiger partial charge >= 0.3 is 0 Å². The fourth-order valence-corrected chi connectivity index (χ4v) is 3.03. The van der Waals surface area contributed by atoms with Crippen molar-refractivity contribution in [2.24, 2.45) is 5.92 Å². The van der Waals surface area contributed by atoms with Gasteiger partial charge in [0.1, 0.15) is 0 Å². The molecule has 1 aromatic rings. The van der Waals surface area contributed by atoms with E-state index in [2.05, 4.69) is 10.2 Å². The maximum absolute atomic E-state index is 12.5. The van der Waals surface area contributed by atoms with Crippen molar-refractivity contribution in [3.05, 3.63) is 28.2 Å². The van der Waals surface area contributed by atoms with E-state index in [4.69, 9.17) is 23.2 Å². The Morgan fingerprint density at radius 3 is 2.29 bits per heavy atom. The monoisotopic (exact) mass is 371 g/mol. The molecule has 0 spiro atoms. The van der Waals surface area contributed by atoms with Crippen LogP contribution in [0.25, 0.3) is 0 Å². The number of amides is 2. The molecule has 1 aliphatic heterocycles. The molecule has 7 heteroatoms. The Bertz CT molecular complexity index is 614. The number of piperazine rings is 1. The van der Waals surface area contributed by atoms with E-state index >= 15 is 0 Å². The van der Waals surface area contributed by atoms with Crippen LogP contribution in [0, 0.1) is 5.92 Å². The molecule has 2 rings (SSSR count). The maximum Gasteiger partial charge on any atom is 0.241 e. The number of carbonyl (C=O) groups excluding carboxylic acids is 2. The van der Waals surface area contributed by atoms with E-state index in [1.54, 1.807) is 18.2 Å². The molecule has 0 aliphatic carbocycles. The van der Waals surface area contributed by atoms with Gasteiger partial charge < -0.3 is 10.2 Å². The van der Waals surface area contributed by atoms with Crippen LogP contribution in [-0.4, -0.2) is 53.8 Å². The molecule has 0 bridgehead atoms. The molecular formula is C17H23Cl2N3O2. The number of nitrogens with zero attached hydrogens (tertiary/aromatic N) is 2. The van der Waals surface area contributed by atoms with Gasteiger partial charge in [0.25, 0.3) is 0 Å². The molecule has 0 saturated carbocycles. The summed E-state index contributed by atoms with van der Waals surface area (Å²) in [6.45, 7) is 8.30. The lowest BCUT2D eigenvalue weighted by Gasteiger charge is -2.38. The average Bonchev–Trinajstić information content (AvgIpc) is 2.56. The van der Waals surface area contributed by atoms with Crippen molar-refractivity contribution in [2.75, 3.05) is 31.5 Å². The molecule has 1 N–H and O–H groups in total. The average molecular weight is 372 g/mol. The van der Waals surface area contributed by atoms with Crippen molar-refractivity contribution in [3.8, 4) is 0 Å². The van der Waals surface area contributed by atoms with Crippen LogP contribution in [-0.2, 0) is 9.59 Å². The zero-order chi connectivity index (χ0) is 17.9. The number of hydrogen-bond acceptors (Lipinski definition) is 3. The van der Waals surface area contributed by atoms with Crippen molar-refractivity contribution in [3.63, 3.8) is 0 Å². The molecule has 1 fully saturated rings. The molecule has 2 amide bonds. The van der Waals surface area contributed by atoms with Crippen LogP contribution in [0.3, 0.4) is 0 Å².